The molecule has 0 amide bonds. The molecule has 2 nitrogen and oxygen atoms in total. The van der Waals surface area contributed by atoms with Gasteiger partial charge < -0.3 is 5.32 Å². The largest absolute Gasteiger partial charge is 0.354 e. The summed E-state index contributed by atoms with van der Waals surface area (Å²) in [6, 6.07) is 11.5. The Morgan fingerprint density at radius 3 is 2.72 bits per heavy atom. The molecule has 1 N–H and O–H groups in total. The highest BCUT2D eigenvalue weighted by molar-refractivity contribution is 6.33. The van der Waals surface area contributed by atoms with E-state index >= 15 is 0 Å². The van der Waals surface area contributed by atoms with Crippen molar-refractivity contribution in [1.29, 1.82) is 5.26 Å². The number of benzene rings is 2. The molecule has 0 aliphatic carbocycles. The molecule has 0 saturated heterocycles. The van der Waals surface area contributed by atoms with Crippen LogP contribution in [0.15, 0.2) is 36.4 Å². The summed E-state index contributed by atoms with van der Waals surface area (Å²) in [6.07, 6.45) is 0. The Hall–Kier alpha value is -2.05. The van der Waals surface area contributed by atoms with E-state index in [1.807, 2.05) is 25.1 Å². The monoisotopic (exact) mass is 260 g/mol. The highest BCUT2D eigenvalue weighted by Gasteiger charge is 2.04. The van der Waals surface area contributed by atoms with E-state index in [2.05, 4.69) is 5.32 Å². The van der Waals surface area contributed by atoms with Gasteiger partial charge in [-0.15, -0.1) is 0 Å². The number of nitrogens with zero attached hydrogens (tertiary/aromatic N) is 1. The molecule has 90 valence electrons. The Bertz CT molecular complexity index is 632. The standard InChI is InChI=1S/C14H10ClFN2/c1-9-2-3-13(15)14(4-9)18-12-6-10(8-17)5-11(16)7-12/h2-7,18H,1H3. The number of rotatable bonds is 2. The number of nitrogens with one attached hydrogen (secondary N) is 1. The lowest BCUT2D eigenvalue weighted by Gasteiger charge is -2.09. The molecular formula is C14H10ClFN2. The van der Waals surface area contributed by atoms with Crippen molar-refractivity contribution in [3.05, 3.63) is 58.4 Å². The Morgan fingerprint density at radius 1 is 1.22 bits per heavy atom. The highest BCUT2D eigenvalue weighted by atomic mass is 35.5. The van der Waals surface area contributed by atoms with Crippen molar-refractivity contribution in [3.63, 3.8) is 0 Å². The molecule has 4 heteroatoms. The van der Waals surface area contributed by atoms with Crippen LogP contribution in [0.25, 0.3) is 0 Å². The van der Waals surface area contributed by atoms with Crippen molar-refractivity contribution in [1.82, 2.24) is 0 Å². The van der Waals surface area contributed by atoms with Gasteiger partial charge in [0.25, 0.3) is 0 Å². The predicted molar refractivity (Wildman–Crippen MR) is 70.6 cm³/mol. The van der Waals surface area contributed by atoms with E-state index in [1.165, 1.54) is 12.1 Å². The average Bonchev–Trinajstić information content (AvgIpc) is 2.33. The van der Waals surface area contributed by atoms with Gasteiger partial charge in [0, 0.05) is 5.69 Å². The van der Waals surface area contributed by atoms with Crippen molar-refractivity contribution >= 4 is 23.0 Å². The molecule has 0 aliphatic rings. The zero-order valence-electron chi connectivity index (χ0n) is 9.67. The maximum absolute atomic E-state index is 13.3. The van der Waals surface area contributed by atoms with E-state index in [4.69, 9.17) is 16.9 Å². The molecule has 0 aromatic heterocycles. The van der Waals surface area contributed by atoms with E-state index in [0.717, 1.165) is 5.56 Å². The van der Waals surface area contributed by atoms with Crippen LogP contribution in [0.3, 0.4) is 0 Å². The van der Waals surface area contributed by atoms with E-state index in [0.29, 0.717) is 16.4 Å². The van der Waals surface area contributed by atoms with Crippen LogP contribution in [-0.2, 0) is 0 Å². The van der Waals surface area contributed by atoms with Gasteiger partial charge in [0.15, 0.2) is 0 Å². The van der Waals surface area contributed by atoms with Crippen molar-refractivity contribution in [2.24, 2.45) is 0 Å². The van der Waals surface area contributed by atoms with Crippen LogP contribution in [0.4, 0.5) is 15.8 Å². The van der Waals surface area contributed by atoms with Gasteiger partial charge in [-0.3, -0.25) is 0 Å². The zero-order valence-corrected chi connectivity index (χ0v) is 10.4. The second-order valence-electron chi connectivity index (χ2n) is 3.95. The zero-order chi connectivity index (χ0) is 13.1. The molecule has 0 fully saturated rings. The van der Waals surface area contributed by atoms with Crippen molar-refractivity contribution < 1.29 is 4.39 Å². The summed E-state index contributed by atoms with van der Waals surface area (Å²) in [5.74, 6) is -0.458. The van der Waals surface area contributed by atoms with Gasteiger partial charge >= 0.3 is 0 Å². The van der Waals surface area contributed by atoms with Gasteiger partial charge in [-0.25, -0.2) is 4.39 Å². The third kappa shape index (κ3) is 2.79. The minimum atomic E-state index is -0.458. The average molecular weight is 261 g/mol. The lowest BCUT2D eigenvalue weighted by Crippen LogP contribution is -1.93. The fraction of sp³-hybridized carbons (Fsp3) is 0.0714. The van der Waals surface area contributed by atoms with Crippen LogP contribution in [0.1, 0.15) is 11.1 Å². The topological polar surface area (TPSA) is 35.8 Å². The maximum Gasteiger partial charge on any atom is 0.126 e. The van der Waals surface area contributed by atoms with E-state index in [-0.39, 0.29) is 5.56 Å². The van der Waals surface area contributed by atoms with Gasteiger partial charge in [0.2, 0.25) is 0 Å². The Kier molecular flexibility index (Phi) is 3.50. The molecule has 0 heterocycles. The summed E-state index contributed by atoms with van der Waals surface area (Å²) < 4.78 is 13.3. The lowest BCUT2D eigenvalue weighted by atomic mass is 10.2. The number of aryl methyl sites for hydroxylation is 1. The quantitative estimate of drug-likeness (QED) is 0.869. The minimum absolute atomic E-state index is 0.265. The van der Waals surface area contributed by atoms with Gasteiger partial charge in [-0.1, -0.05) is 17.7 Å². The summed E-state index contributed by atoms with van der Waals surface area (Å²) in [5, 5.41) is 12.3. The van der Waals surface area contributed by atoms with Crippen LogP contribution in [0.5, 0.6) is 0 Å². The molecule has 0 bridgehead atoms. The van der Waals surface area contributed by atoms with Crippen molar-refractivity contribution in [2.45, 2.75) is 6.92 Å². The summed E-state index contributed by atoms with van der Waals surface area (Å²) in [5.41, 5.74) is 2.49. The Morgan fingerprint density at radius 2 is 2.00 bits per heavy atom. The van der Waals surface area contributed by atoms with Gasteiger partial charge in [0.1, 0.15) is 5.82 Å². The molecule has 18 heavy (non-hydrogen) atoms. The molecule has 2 rings (SSSR count). The maximum atomic E-state index is 13.3. The number of hydrogen-bond donors (Lipinski definition) is 1. The van der Waals surface area contributed by atoms with Gasteiger partial charge in [-0.05, 0) is 42.8 Å². The molecule has 2 aromatic carbocycles. The molecule has 0 aliphatic heterocycles. The SMILES string of the molecule is Cc1ccc(Cl)c(Nc2cc(F)cc(C#N)c2)c1. The van der Waals surface area contributed by atoms with Crippen LogP contribution in [-0.4, -0.2) is 0 Å². The summed E-state index contributed by atoms with van der Waals surface area (Å²) >= 11 is 6.04. The minimum Gasteiger partial charge on any atom is -0.354 e. The number of hydrogen-bond acceptors (Lipinski definition) is 2. The molecular weight excluding hydrogens is 251 g/mol. The third-order valence-electron chi connectivity index (χ3n) is 2.43. The molecule has 0 radical (unpaired) electrons. The molecule has 0 spiro atoms. The molecule has 0 saturated carbocycles. The van der Waals surface area contributed by atoms with E-state index in [9.17, 15) is 4.39 Å². The first-order chi connectivity index (χ1) is 8.58. The number of anilines is 2. The van der Waals surface area contributed by atoms with Crippen molar-refractivity contribution in [2.75, 3.05) is 5.32 Å². The summed E-state index contributed by atoms with van der Waals surface area (Å²) in [6.45, 7) is 1.94. The first-order valence-electron chi connectivity index (χ1n) is 5.32. The third-order valence-corrected chi connectivity index (χ3v) is 2.76. The van der Waals surface area contributed by atoms with Crippen LogP contribution >= 0.6 is 11.6 Å². The predicted octanol–water partition coefficient (Wildman–Crippen LogP) is 4.40. The fourth-order valence-corrected chi connectivity index (χ4v) is 1.78. The smallest absolute Gasteiger partial charge is 0.126 e. The Balaban J connectivity index is 2.37. The fourth-order valence-electron chi connectivity index (χ4n) is 1.62. The normalized spacial score (nSPS) is 9.89. The Labute approximate surface area is 110 Å². The first-order valence-corrected chi connectivity index (χ1v) is 5.70. The second kappa shape index (κ2) is 5.07. The van der Waals surface area contributed by atoms with Crippen LogP contribution in [0.2, 0.25) is 5.02 Å². The number of nitriles is 1. The van der Waals surface area contributed by atoms with E-state index in [1.54, 1.807) is 12.1 Å². The van der Waals surface area contributed by atoms with Gasteiger partial charge in [0.05, 0.1) is 22.3 Å². The second-order valence-corrected chi connectivity index (χ2v) is 4.36. The highest BCUT2D eigenvalue weighted by Crippen LogP contribution is 2.27. The first kappa shape index (κ1) is 12.4. The van der Waals surface area contributed by atoms with Crippen LogP contribution in [0, 0.1) is 24.1 Å². The number of halogens is 2. The summed E-state index contributed by atoms with van der Waals surface area (Å²) in [7, 11) is 0. The van der Waals surface area contributed by atoms with Crippen LogP contribution < -0.4 is 5.32 Å². The molecule has 0 atom stereocenters. The summed E-state index contributed by atoms with van der Waals surface area (Å²) in [4.78, 5) is 0. The molecule has 0 unspecified atom stereocenters. The molecule has 2 aromatic rings. The van der Waals surface area contributed by atoms with E-state index < -0.39 is 5.82 Å². The van der Waals surface area contributed by atoms with Crippen molar-refractivity contribution in [3.8, 4) is 6.07 Å². The van der Waals surface area contributed by atoms with Gasteiger partial charge in [-0.2, -0.15) is 5.26 Å². The lowest BCUT2D eigenvalue weighted by molar-refractivity contribution is 0.628.